The van der Waals surface area contributed by atoms with E-state index in [1.165, 1.54) is 43.2 Å². The van der Waals surface area contributed by atoms with Crippen LogP contribution in [0.5, 0.6) is 11.5 Å². The van der Waals surface area contributed by atoms with Crippen molar-refractivity contribution in [1.29, 1.82) is 0 Å². The molecular formula is C27H33NO5. The Morgan fingerprint density at radius 2 is 1.79 bits per heavy atom. The van der Waals surface area contributed by atoms with Crippen LogP contribution in [0.25, 0.3) is 0 Å². The number of nitrogens with one attached hydrogen (secondary N) is 1. The van der Waals surface area contributed by atoms with Crippen molar-refractivity contribution in [3.8, 4) is 11.5 Å². The van der Waals surface area contributed by atoms with Gasteiger partial charge in [-0.1, -0.05) is 56.9 Å². The van der Waals surface area contributed by atoms with Gasteiger partial charge in [-0.25, -0.2) is 4.79 Å². The Hall–Kier alpha value is -3.02. The number of rotatable bonds is 10. The van der Waals surface area contributed by atoms with Crippen LogP contribution in [0.3, 0.4) is 0 Å². The second kappa shape index (κ2) is 11.2. The van der Waals surface area contributed by atoms with E-state index in [0.717, 1.165) is 25.0 Å². The van der Waals surface area contributed by atoms with E-state index < -0.39 is 18.1 Å². The van der Waals surface area contributed by atoms with Crippen LogP contribution >= 0.6 is 0 Å². The fraction of sp³-hybridized carbons (Fsp3) is 0.481. The quantitative estimate of drug-likeness (QED) is 0.459. The van der Waals surface area contributed by atoms with Crippen molar-refractivity contribution >= 4 is 12.0 Å². The van der Waals surface area contributed by atoms with Crippen molar-refractivity contribution in [1.82, 2.24) is 5.32 Å². The Kier molecular flexibility index (Phi) is 7.87. The molecule has 0 aromatic heterocycles. The van der Waals surface area contributed by atoms with Crippen LogP contribution in [0.2, 0.25) is 0 Å². The second-order valence-corrected chi connectivity index (χ2v) is 8.85. The monoisotopic (exact) mass is 451 g/mol. The number of carbonyl (C=O) groups excluding carboxylic acids is 2. The van der Waals surface area contributed by atoms with Gasteiger partial charge in [-0.15, -0.1) is 0 Å². The van der Waals surface area contributed by atoms with E-state index in [2.05, 4.69) is 30.4 Å². The third-order valence-electron chi connectivity index (χ3n) is 6.34. The molecule has 1 aliphatic carbocycles. The highest BCUT2D eigenvalue weighted by molar-refractivity contribution is 6.00. The van der Waals surface area contributed by atoms with Gasteiger partial charge in [-0.05, 0) is 54.5 Å². The molecule has 1 N–H and O–H groups in total. The fourth-order valence-electron chi connectivity index (χ4n) is 4.67. The smallest absolute Gasteiger partial charge is 0.415 e. The first-order valence-electron chi connectivity index (χ1n) is 12.1. The van der Waals surface area contributed by atoms with Gasteiger partial charge in [-0.2, -0.15) is 0 Å². The van der Waals surface area contributed by atoms with Crippen molar-refractivity contribution in [2.45, 2.75) is 70.3 Å². The molecule has 1 aliphatic heterocycles. The largest absolute Gasteiger partial charge is 0.493 e. The summed E-state index contributed by atoms with van der Waals surface area (Å²) in [6.07, 6.45) is 7.88. The molecule has 6 nitrogen and oxygen atoms in total. The molecule has 1 atom stereocenters. The summed E-state index contributed by atoms with van der Waals surface area (Å²) in [4.78, 5) is 23.0. The molecule has 6 heteroatoms. The van der Waals surface area contributed by atoms with Crippen molar-refractivity contribution in [3.63, 3.8) is 0 Å². The van der Waals surface area contributed by atoms with E-state index >= 15 is 0 Å². The van der Waals surface area contributed by atoms with E-state index in [0.29, 0.717) is 30.4 Å². The zero-order chi connectivity index (χ0) is 23.0. The zero-order valence-corrected chi connectivity index (χ0v) is 19.3. The maximum Gasteiger partial charge on any atom is 0.415 e. The molecule has 33 heavy (non-hydrogen) atoms. The van der Waals surface area contributed by atoms with Crippen LogP contribution in [0.15, 0.2) is 42.5 Å². The van der Waals surface area contributed by atoms with Crippen LogP contribution < -0.4 is 14.8 Å². The molecular weight excluding hydrogens is 418 g/mol. The molecule has 4 rings (SSSR count). The minimum atomic E-state index is -0.919. The minimum Gasteiger partial charge on any atom is -0.493 e. The molecule has 2 aromatic carbocycles. The molecule has 2 aromatic rings. The Morgan fingerprint density at radius 3 is 2.55 bits per heavy atom. The van der Waals surface area contributed by atoms with Crippen molar-refractivity contribution in [3.05, 3.63) is 59.2 Å². The van der Waals surface area contributed by atoms with Gasteiger partial charge in [0.15, 0.2) is 0 Å². The summed E-state index contributed by atoms with van der Waals surface area (Å²) in [6.45, 7) is 3.26. The molecule has 2 fully saturated rings. The van der Waals surface area contributed by atoms with Gasteiger partial charge in [0, 0.05) is 12.0 Å². The first kappa shape index (κ1) is 23.1. The summed E-state index contributed by atoms with van der Waals surface area (Å²) in [6, 6.07) is 13.8. The summed E-state index contributed by atoms with van der Waals surface area (Å²) in [7, 11) is 0. The van der Waals surface area contributed by atoms with Gasteiger partial charge in [0.1, 0.15) is 11.5 Å². The van der Waals surface area contributed by atoms with Crippen molar-refractivity contribution < 1.29 is 23.8 Å². The number of imide groups is 1. The topological polar surface area (TPSA) is 73.9 Å². The number of carbonyl (C=O) groups is 2. The highest BCUT2D eigenvalue weighted by Crippen LogP contribution is 2.35. The Labute approximate surface area is 195 Å². The standard InChI is InChI=1S/C27H33NO5/c1-2-8-21-17-20(19-9-4-3-5-10-19)13-14-24(21)32-16-7-15-31-23-12-6-11-22(18-23)25-26(29)28-27(30)33-25/h6,11-14,17-19,25H,2-5,7-10,15-16H2,1H3,(H,28,29,30)/t25-/m1/s1. The summed E-state index contributed by atoms with van der Waals surface area (Å²) >= 11 is 0. The molecule has 2 aliphatic rings. The summed E-state index contributed by atoms with van der Waals surface area (Å²) in [5.41, 5.74) is 3.36. The van der Waals surface area contributed by atoms with Gasteiger partial charge in [0.05, 0.1) is 13.2 Å². The number of ether oxygens (including phenoxy) is 3. The van der Waals surface area contributed by atoms with Crippen molar-refractivity contribution in [2.24, 2.45) is 0 Å². The van der Waals surface area contributed by atoms with Gasteiger partial charge in [-0.3, -0.25) is 10.1 Å². The third kappa shape index (κ3) is 6.06. The lowest BCUT2D eigenvalue weighted by Gasteiger charge is -2.23. The molecule has 1 saturated heterocycles. The van der Waals surface area contributed by atoms with Gasteiger partial charge >= 0.3 is 6.09 Å². The molecule has 1 saturated carbocycles. The Bertz CT molecular complexity index is 967. The molecule has 0 bridgehead atoms. The number of amides is 2. The number of cyclic esters (lactones) is 1. The minimum absolute atomic E-state index is 0.456. The predicted molar refractivity (Wildman–Crippen MR) is 126 cm³/mol. The number of benzene rings is 2. The SMILES string of the molecule is CCCc1cc(C2CCCCC2)ccc1OCCCOc1cccc([C@H]2OC(=O)NC2=O)c1. The van der Waals surface area contributed by atoms with Crippen LogP contribution in [-0.4, -0.2) is 25.2 Å². The number of hydrogen-bond donors (Lipinski definition) is 1. The van der Waals surface area contributed by atoms with Gasteiger partial charge in [0.2, 0.25) is 6.10 Å². The molecule has 0 unspecified atom stereocenters. The third-order valence-corrected chi connectivity index (χ3v) is 6.34. The normalized spacial score (nSPS) is 18.6. The lowest BCUT2D eigenvalue weighted by Crippen LogP contribution is -2.20. The predicted octanol–water partition coefficient (Wildman–Crippen LogP) is 5.84. The fourth-order valence-corrected chi connectivity index (χ4v) is 4.67. The van der Waals surface area contributed by atoms with E-state index in [-0.39, 0.29) is 0 Å². The van der Waals surface area contributed by atoms with E-state index in [1.807, 2.05) is 6.07 Å². The van der Waals surface area contributed by atoms with E-state index in [4.69, 9.17) is 14.2 Å². The first-order chi connectivity index (χ1) is 16.1. The first-order valence-corrected chi connectivity index (χ1v) is 12.1. The lowest BCUT2D eigenvalue weighted by molar-refractivity contribution is -0.123. The Morgan fingerprint density at radius 1 is 0.970 bits per heavy atom. The summed E-state index contributed by atoms with van der Waals surface area (Å²) < 4.78 is 17.0. The molecule has 2 amide bonds. The maximum absolute atomic E-state index is 11.8. The highest BCUT2D eigenvalue weighted by Gasteiger charge is 2.33. The van der Waals surface area contributed by atoms with Crippen LogP contribution in [0.1, 0.15) is 80.6 Å². The lowest BCUT2D eigenvalue weighted by atomic mass is 9.83. The van der Waals surface area contributed by atoms with Crippen LogP contribution in [0.4, 0.5) is 4.79 Å². The molecule has 0 radical (unpaired) electrons. The van der Waals surface area contributed by atoms with Crippen molar-refractivity contribution in [2.75, 3.05) is 13.2 Å². The molecule has 176 valence electrons. The average Bonchev–Trinajstić information content (AvgIpc) is 3.18. The maximum atomic E-state index is 11.8. The molecule has 1 heterocycles. The summed E-state index contributed by atoms with van der Waals surface area (Å²) in [5, 5.41) is 2.14. The zero-order valence-electron chi connectivity index (χ0n) is 19.3. The average molecular weight is 452 g/mol. The van der Waals surface area contributed by atoms with Gasteiger partial charge in [0.25, 0.3) is 5.91 Å². The van der Waals surface area contributed by atoms with E-state index in [9.17, 15) is 9.59 Å². The highest BCUT2D eigenvalue weighted by atomic mass is 16.6. The number of aryl methyl sites for hydroxylation is 1. The van der Waals surface area contributed by atoms with Gasteiger partial charge < -0.3 is 14.2 Å². The summed E-state index contributed by atoms with van der Waals surface area (Å²) in [5.74, 6) is 1.86. The number of alkyl carbamates (subject to hydrolysis) is 1. The van der Waals surface area contributed by atoms with Crippen LogP contribution in [-0.2, 0) is 16.0 Å². The van der Waals surface area contributed by atoms with E-state index in [1.54, 1.807) is 18.2 Å². The van der Waals surface area contributed by atoms with Crippen LogP contribution in [0, 0.1) is 0 Å². The number of hydrogen-bond acceptors (Lipinski definition) is 5. The Balaban J connectivity index is 1.27. The molecule has 0 spiro atoms. The second-order valence-electron chi connectivity index (χ2n) is 8.85.